The van der Waals surface area contributed by atoms with Gasteiger partial charge in [-0.05, 0) is 25.0 Å². The number of hydrogen-bond donors (Lipinski definition) is 1. The van der Waals surface area contributed by atoms with E-state index in [4.69, 9.17) is 4.74 Å². The third kappa shape index (κ3) is 3.51. The number of ether oxygens (including phenoxy) is 1. The van der Waals surface area contributed by atoms with Gasteiger partial charge in [0.15, 0.2) is 0 Å². The quantitative estimate of drug-likeness (QED) is 0.457. The minimum absolute atomic E-state index is 0.123. The summed E-state index contributed by atoms with van der Waals surface area (Å²) >= 11 is 0. The van der Waals surface area contributed by atoms with Crippen LogP contribution in [-0.4, -0.2) is 25.2 Å². The van der Waals surface area contributed by atoms with E-state index in [-0.39, 0.29) is 10.6 Å². The lowest BCUT2D eigenvalue weighted by Crippen LogP contribution is -2.06. The van der Waals surface area contributed by atoms with Gasteiger partial charge >= 0.3 is 0 Å². The number of nitro groups is 1. The zero-order valence-electron chi connectivity index (χ0n) is 9.53. The molecule has 1 aromatic carbocycles. The van der Waals surface area contributed by atoms with E-state index >= 15 is 0 Å². The van der Waals surface area contributed by atoms with Gasteiger partial charge in [-0.15, -0.1) is 0 Å². The molecule has 0 radical (unpaired) electrons. The fourth-order valence-corrected chi connectivity index (χ4v) is 1.38. The molecular weight excluding hydrogens is 208 g/mol. The van der Waals surface area contributed by atoms with Crippen LogP contribution in [0.2, 0.25) is 0 Å². The highest BCUT2D eigenvalue weighted by molar-refractivity contribution is 5.62. The Bertz CT molecular complexity index is 366. The first-order chi connectivity index (χ1) is 7.65. The van der Waals surface area contributed by atoms with Crippen LogP contribution in [0.5, 0.6) is 0 Å². The molecule has 0 aliphatic rings. The summed E-state index contributed by atoms with van der Waals surface area (Å²) in [6.45, 7) is 3.14. The maximum atomic E-state index is 10.8. The number of aryl methyl sites for hydroxylation is 1. The Morgan fingerprint density at radius 2 is 2.25 bits per heavy atom. The standard InChI is InChI=1S/C11H16N2O3/c1-9-4-5-10(11(8-9)13(14)15)12-6-3-7-16-2/h4-5,8,12H,3,6-7H2,1-2H3. The number of nitrogens with zero attached hydrogens (tertiary/aromatic N) is 1. The smallest absolute Gasteiger partial charge is 0.292 e. The third-order valence-electron chi connectivity index (χ3n) is 2.19. The molecule has 0 saturated heterocycles. The molecule has 1 rings (SSSR count). The van der Waals surface area contributed by atoms with Gasteiger partial charge in [0, 0.05) is 26.3 Å². The van der Waals surface area contributed by atoms with Crippen LogP contribution in [0.15, 0.2) is 18.2 Å². The van der Waals surface area contributed by atoms with Crippen molar-refractivity contribution < 1.29 is 9.66 Å². The molecule has 0 aliphatic carbocycles. The fourth-order valence-electron chi connectivity index (χ4n) is 1.38. The molecule has 1 N–H and O–H groups in total. The van der Waals surface area contributed by atoms with Crippen LogP contribution >= 0.6 is 0 Å². The van der Waals surface area contributed by atoms with Gasteiger partial charge in [0.2, 0.25) is 0 Å². The molecule has 88 valence electrons. The van der Waals surface area contributed by atoms with E-state index in [1.165, 1.54) is 0 Å². The Morgan fingerprint density at radius 3 is 2.88 bits per heavy atom. The van der Waals surface area contributed by atoms with Crippen LogP contribution in [0.1, 0.15) is 12.0 Å². The molecule has 1 aromatic rings. The van der Waals surface area contributed by atoms with Crippen molar-refractivity contribution in [3.05, 3.63) is 33.9 Å². The first-order valence-corrected chi connectivity index (χ1v) is 5.13. The topological polar surface area (TPSA) is 64.4 Å². The second-order valence-electron chi connectivity index (χ2n) is 3.55. The molecule has 5 nitrogen and oxygen atoms in total. The molecule has 0 atom stereocenters. The molecule has 0 saturated carbocycles. The van der Waals surface area contributed by atoms with E-state index in [0.717, 1.165) is 12.0 Å². The largest absolute Gasteiger partial charge is 0.385 e. The van der Waals surface area contributed by atoms with E-state index in [9.17, 15) is 10.1 Å². The predicted molar refractivity (Wildman–Crippen MR) is 62.8 cm³/mol. The van der Waals surface area contributed by atoms with Gasteiger partial charge < -0.3 is 10.1 Å². The van der Waals surface area contributed by atoms with Crippen LogP contribution in [0.25, 0.3) is 0 Å². The molecule has 0 aromatic heterocycles. The van der Waals surface area contributed by atoms with Gasteiger partial charge in [0.1, 0.15) is 5.69 Å². The van der Waals surface area contributed by atoms with E-state index in [1.807, 2.05) is 13.0 Å². The minimum Gasteiger partial charge on any atom is -0.385 e. The fraction of sp³-hybridized carbons (Fsp3) is 0.455. The minimum atomic E-state index is -0.369. The second-order valence-corrected chi connectivity index (χ2v) is 3.55. The summed E-state index contributed by atoms with van der Waals surface area (Å²) in [6, 6.07) is 5.16. The van der Waals surface area contributed by atoms with Crippen LogP contribution < -0.4 is 5.32 Å². The highest BCUT2D eigenvalue weighted by Crippen LogP contribution is 2.24. The highest BCUT2D eigenvalue weighted by Gasteiger charge is 2.12. The number of nitrogens with one attached hydrogen (secondary N) is 1. The van der Waals surface area contributed by atoms with Gasteiger partial charge in [-0.3, -0.25) is 10.1 Å². The van der Waals surface area contributed by atoms with Crippen molar-refractivity contribution in [2.75, 3.05) is 25.6 Å². The van der Waals surface area contributed by atoms with Crippen molar-refractivity contribution in [2.45, 2.75) is 13.3 Å². The van der Waals surface area contributed by atoms with Crippen LogP contribution in [0.4, 0.5) is 11.4 Å². The van der Waals surface area contributed by atoms with Gasteiger partial charge in [-0.1, -0.05) is 6.07 Å². The van der Waals surface area contributed by atoms with E-state index < -0.39 is 0 Å². The first kappa shape index (κ1) is 12.4. The predicted octanol–water partition coefficient (Wildman–Crippen LogP) is 2.35. The average Bonchev–Trinajstić information content (AvgIpc) is 2.26. The Labute approximate surface area is 94.6 Å². The number of anilines is 1. The average molecular weight is 224 g/mol. The molecule has 0 aliphatic heterocycles. The molecule has 5 heteroatoms. The number of benzene rings is 1. The molecule has 0 unspecified atom stereocenters. The summed E-state index contributed by atoms with van der Waals surface area (Å²) < 4.78 is 4.90. The summed E-state index contributed by atoms with van der Waals surface area (Å²) in [7, 11) is 1.63. The van der Waals surface area contributed by atoms with Crippen molar-refractivity contribution in [2.24, 2.45) is 0 Å². The lowest BCUT2D eigenvalue weighted by molar-refractivity contribution is -0.384. The van der Waals surface area contributed by atoms with Crippen LogP contribution in [0, 0.1) is 17.0 Å². The molecular formula is C11H16N2O3. The van der Waals surface area contributed by atoms with Gasteiger partial charge in [-0.25, -0.2) is 0 Å². The highest BCUT2D eigenvalue weighted by atomic mass is 16.6. The summed E-state index contributed by atoms with van der Waals surface area (Å²) in [5.41, 5.74) is 1.57. The van der Waals surface area contributed by atoms with Crippen molar-refractivity contribution in [1.82, 2.24) is 0 Å². The van der Waals surface area contributed by atoms with Crippen LogP contribution in [0.3, 0.4) is 0 Å². The maximum absolute atomic E-state index is 10.8. The lowest BCUT2D eigenvalue weighted by atomic mass is 10.2. The molecule has 0 bridgehead atoms. The number of rotatable bonds is 6. The monoisotopic (exact) mass is 224 g/mol. The number of methoxy groups -OCH3 is 1. The lowest BCUT2D eigenvalue weighted by Gasteiger charge is -2.07. The summed E-state index contributed by atoms with van der Waals surface area (Å²) in [4.78, 5) is 10.4. The molecule has 0 spiro atoms. The van der Waals surface area contributed by atoms with E-state index in [2.05, 4.69) is 5.32 Å². The van der Waals surface area contributed by atoms with Gasteiger partial charge in [-0.2, -0.15) is 0 Å². The Hall–Kier alpha value is -1.62. The Kier molecular flexibility index (Phi) is 4.72. The maximum Gasteiger partial charge on any atom is 0.292 e. The van der Waals surface area contributed by atoms with Crippen molar-refractivity contribution >= 4 is 11.4 Å². The van der Waals surface area contributed by atoms with Crippen LogP contribution in [-0.2, 0) is 4.74 Å². The summed E-state index contributed by atoms with van der Waals surface area (Å²) in [5, 5.41) is 13.8. The second kappa shape index (κ2) is 6.07. The molecule has 0 fully saturated rings. The molecule has 0 amide bonds. The third-order valence-corrected chi connectivity index (χ3v) is 2.19. The Morgan fingerprint density at radius 1 is 1.50 bits per heavy atom. The first-order valence-electron chi connectivity index (χ1n) is 5.13. The molecule has 16 heavy (non-hydrogen) atoms. The SMILES string of the molecule is COCCCNc1ccc(C)cc1[N+](=O)[O-]. The molecule has 0 heterocycles. The normalized spacial score (nSPS) is 10.1. The Balaban J connectivity index is 2.67. The zero-order valence-corrected chi connectivity index (χ0v) is 9.53. The number of nitro benzene ring substituents is 1. The van der Waals surface area contributed by atoms with Crippen molar-refractivity contribution in [3.8, 4) is 0 Å². The van der Waals surface area contributed by atoms with Gasteiger partial charge in [0.25, 0.3) is 5.69 Å². The van der Waals surface area contributed by atoms with Crippen molar-refractivity contribution in [3.63, 3.8) is 0 Å². The summed E-state index contributed by atoms with van der Waals surface area (Å²) in [6.07, 6.45) is 0.821. The van der Waals surface area contributed by atoms with Gasteiger partial charge in [0.05, 0.1) is 4.92 Å². The van der Waals surface area contributed by atoms with E-state index in [1.54, 1.807) is 19.2 Å². The van der Waals surface area contributed by atoms with Crippen molar-refractivity contribution in [1.29, 1.82) is 0 Å². The van der Waals surface area contributed by atoms with E-state index in [0.29, 0.717) is 18.8 Å². The zero-order chi connectivity index (χ0) is 12.0. The summed E-state index contributed by atoms with van der Waals surface area (Å²) in [5.74, 6) is 0. The number of hydrogen-bond acceptors (Lipinski definition) is 4.